The molecule has 0 aliphatic carbocycles. The van der Waals surface area contributed by atoms with Gasteiger partial charge in [-0.25, -0.2) is 0 Å². The van der Waals surface area contributed by atoms with Crippen LogP contribution in [0, 0.1) is 0 Å². The van der Waals surface area contributed by atoms with E-state index in [0.717, 1.165) is 0 Å². The Hall–Kier alpha value is 4.84. The first kappa shape index (κ1) is 97.4. The monoisotopic (exact) mass is 258 g/mol. The third-order valence-corrected chi connectivity index (χ3v) is 0. The Bertz CT molecular complexity index is 8.92. The van der Waals surface area contributed by atoms with Gasteiger partial charge in [0.25, 0.3) is 0 Å². The second kappa shape index (κ2) is 76.9. The first-order valence-electron chi connectivity index (χ1n) is 0. The molecule has 0 atom stereocenters. The van der Waals surface area contributed by atoms with E-state index in [1.54, 1.807) is 0 Å². The van der Waals surface area contributed by atoms with Crippen molar-refractivity contribution in [3.05, 3.63) is 0 Å². The zero-order valence-electron chi connectivity index (χ0n) is 2.50. The summed E-state index contributed by atoms with van der Waals surface area (Å²) >= 11 is 0. The topological polar surface area (TPSA) is 158 Å². The van der Waals surface area contributed by atoms with E-state index in [2.05, 4.69) is 0 Å². The summed E-state index contributed by atoms with van der Waals surface area (Å²) in [5, 5.41) is 0. The van der Waals surface area contributed by atoms with Gasteiger partial charge in [-0.1, -0.05) is 0 Å². The van der Waals surface area contributed by atoms with Gasteiger partial charge in [0.15, 0.2) is 0 Å². The normalized spacial score (nSPS) is 0. The molecule has 0 radical (unpaired) electrons. The molecule has 0 aromatic rings. The average molecular weight is 258 g/mol. The molecule has 0 saturated heterocycles. The van der Waals surface area contributed by atoms with E-state index in [4.69, 9.17) is 0 Å². The SMILES string of the molecule is O.O.O.O.O.[CaH2].[CaH2].[CaH2].[CaH2]. The van der Waals surface area contributed by atoms with Crippen molar-refractivity contribution in [2.75, 3.05) is 0 Å². The van der Waals surface area contributed by atoms with E-state index in [0.29, 0.717) is 0 Å². The van der Waals surface area contributed by atoms with E-state index in [1.807, 2.05) is 0 Å². The van der Waals surface area contributed by atoms with Crippen LogP contribution < -0.4 is 0 Å². The zero-order valence-corrected chi connectivity index (χ0v) is 2.50. The Kier molecular flexibility index (Phi) is 832. The summed E-state index contributed by atoms with van der Waals surface area (Å²) < 4.78 is 0. The van der Waals surface area contributed by atoms with Gasteiger partial charge in [0.05, 0.1) is 0 Å². The fourth-order valence-corrected chi connectivity index (χ4v) is 0. The molecule has 0 aromatic carbocycles. The van der Waals surface area contributed by atoms with Gasteiger partial charge in [0, 0.05) is 0 Å². The Morgan fingerprint density at radius 2 is 0.222 bits per heavy atom. The molecule has 0 aliphatic heterocycles. The summed E-state index contributed by atoms with van der Waals surface area (Å²) in [7, 11) is 0. The molecule has 0 unspecified atom stereocenters. The molecule has 0 fully saturated rings. The Balaban J connectivity index is 0. The Morgan fingerprint density at radius 1 is 0.222 bits per heavy atom. The Labute approximate surface area is 173 Å². The zero-order chi connectivity index (χ0) is 0. The standard InChI is InChI=1S/4Ca.5H2O.8H/h;;;;5*1H2;;;;;;;;. The van der Waals surface area contributed by atoms with Gasteiger partial charge in [0.2, 0.25) is 0 Å². The summed E-state index contributed by atoms with van der Waals surface area (Å²) in [5.41, 5.74) is 0. The molecule has 0 bridgehead atoms. The van der Waals surface area contributed by atoms with Gasteiger partial charge in [-0.3, -0.25) is 0 Å². The fourth-order valence-electron chi connectivity index (χ4n) is 0. The summed E-state index contributed by atoms with van der Waals surface area (Å²) in [4.78, 5) is 0. The van der Waals surface area contributed by atoms with Gasteiger partial charge in [-0.05, 0) is 0 Å². The molecular formula is H18Ca4O5. The van der Waals surface area contributed by atoms with Crippen molar-refractivity contribution >= 4 is 151 Å². The molecule has 0 rings (SSSR count). The molecule has 0 spiro atoms. The van der Waals surface area contributed by atoms with Crippen LogP contribution in [-0.4, -0.2) is 178 Å². The molecule has 0 aliphatic rings. The van der Waals surface area contributed by atoms with E-state index >= 15 is 0 Å². The predicted molar refractivity (Wildman–Crippen MR) is 52.2 cm³/mol. The molecule has 10 N–H and O–H groups in total. The minimum atomic E-state index is 0. The summed E-state index contributed by atoms with van der Waals surface area (Å²) in [5.74, 6) is 0. The van der Waals surface area contributed by atoms with E-state index in [9.17, 15) is 0 Å². The molecular weight excluding hydrogens is 240 g/mol. The maximum absolute atomic E-state index is 0. The molecule has 5 nitrogen and oxygen atoms in total. The molecule has 0 heterocycles. The van der Waals surface area contributed by atoms with E-state index < -0.39 is 0 Å². The van der Waals surface area contributed by atoms with Crippen LogP contribution in [0.4, 0.5) is 0 Å². The maximum atomic E-state index is 0. The van der Waals surface area contributed by atoms with Crippen LogP contribution in [0.3, 0.4) is 0 Å². The van der Waals surface area contributed by atoms with Crippen molar-refractivity contribution in [2.45, 2.75) is 0 Å². The van der Waals surface area contributed by atoms with Crippen molar-refractivity contribution in [3.8, 4) is 0 Å². The van der Waals surface area contributed by atoms with E-state index in [-0.39, 0.29) is 178 Å². The summed E-state index contributed by atoms with van der Waals surface area (Å²) in [6, 6.07) is 0. The van der Waals surface area contributed by atoms with Crippen molar-refractivity contribution < 1.29 is 27.4 Å². The van der Waals surface area contributed by atoms with Crippen LogP contribution in [0.15, 0.2) is 0 Å². The third kappa shape index (κ3) is 64.4. The quantitative estimate of drug-likeness (QED) is 0.378. The molecule has 56 valence electrons. The van der Waals surface area contributed by atoms with Crippen LogP contribution in [0.1, 0.15) is 0 Å². The van der Waals surface area contributed by atoms with Crippen molar-refractivity contribution in [2.24, 2.45) is 0 Å². The van der Waals surface area contributed by atoms with Crippen molar-refractivity contribution in [3.63, 3.8) is 0 Å². The van der Waals surface area contributed by atoms with Gasteiger partial charge >= 0.3 is 151 Å². The second-order valence-corrected chi connectivity index (χ2v) is 0. The van der Waals surface area contributed by atoms with Crippen LogP contribution in [0.2, 0.25) is 0 Å². The number of hydrogen-bond donors (Lipinski definition) is 0. The van der Waals surface area contributed by atoms with Gasteiger partial charge in [-0.15, -0.1) is 0 Å². The first-order chi connectivity index (χ1) is 0. The van der Waals surface area contributed by atoms with Crippen LogP contribution >= 0.6 is 0 Å². The minimum absolute atomic E-state index is 0. The summed E-state index contributed by atoms with van der Waals surface area (Å²) in [6.07, 6.45) is 0. The van der Waals surface area contributed by atoms with Gasteiger partial charge in [0.1, 0.15) is 0 Å². The second-order valence-electron chi connectivity index (χ2n) is 0. The van der Waals surface area contributed by atoms with E-state index in [1.165, 1.54) is 0 Å². The van der Waals surface area contributed by atoms with Crippen molar-refractivity contribution in [1.29, 1.82) is 0 Å². The van der Waals surface area contributed by atoms with Crippen LogP contribution in [0.25, 0.3) is 0 Å². The number of rotatable bonds is 0. The summed E-state index contributed by atoms with van der Waals surface area (Å²) in [6.45, 7) is 0. The fraction of sp³-hybridized carbons (Fsp3) is 0. The van der Waals surface area contributed by atoms with Crippen LogP contribution in [-0.2, 0) is 0 Å². The molecule has 9 heavy (non-hydrogen) atoms. The third-order valence-electron chi connectivity index (χ3n) is 0. The van der Waals surface area contributed by atoms with Gasteiger partial charge < -0.3 is 27.4 Å². The first-order valence-corrected chi connectivity index (χ1v) is 0. The van der Waals surface area contributed by atoms with Gasteiger partial charge in [-0.2, -0.15) is 0 Å². The molecule has 0 saturated carbocycles. The number of hydrogen-bond acceptors (Lipinski definition) is 0. The average Bonchev–Trinajstić information content (AvgIpc) is 0. The molecule has 0 amide bonds. The molecule has 0 aromatic heterocycles. The predicted octanol–water partition coefficient (Wildman–Crippen LogP) is -7.79. The van der Waals surface area contributed by atoms with Crippen molar-refractivity contribution in [1.82, 2.24) is 0 Å². The molecule has 9 heteroatoms. The Morgan fingerprint density at radius 3 is 0.222 bits per heavy atom. The van der Waals surface area contributed by atoms with Crippen LogP contribution in [0.5, 0.6) is 0 Å².